The van der Waals surface area contributed by atoms with Crippen LogP contribution in [0.25, 0.3) is 0 Å². The van der Waals surface area contributed by atoms with Gasteiger partial charge >= 0.3 is 0 Å². The molecule has 0 spiro atoms. The molecule has 0 rings (SSSR count). The minimum absolute atomic E-state index is 0.220. The van der Waals surface area contributed by atoms with E-state index < -0.39 is 0 Å². The summed E-state index contributed by atoms with van der Waals surface area (Å²) in [7, 11) is 0. The van der Waals surface area contributed by atoms with Gasteiger partial charge in [-0.1, -0.05) is 61.0 Å². The molecule has 102 valence electrons. The van der Waals surface area contributed by atoms with Gasteiger partial charge in [-0.3, -0.25) is 0 Å². The normalized spacial score (nSPS) is 18.6. The first kappa shape index (κ1) is 16.7. The Hall–Kier alpha value is -0.300. The van der Waals surface area contributed by atoms with E-state index in [4.69, 9.17) is 0 Å². The average Bonchev–Trinajstić information content (AvgIpc) is 2.13. The second-order valence-electron chi connectivity index (χ2n) is 7.54. The maximum Gasteiger partial charge on any atom is 0.0749 e. The van der Waals surface area contributed by atoms with Gasteiger partial charge in [0.15, 0.2) is 0 Å². The first-order valence-electron chi connectivity index (χ1n) is 6.83. The molecule has 0 aromatic carbocycles. The molecular formula is C16H32O. The molecule has 0 radical (unpaired) electrons. The van der Waals surface area contributed by atoms with Crippen molar-refractivity contribution >= 4 is 0 Å². The zero-order chi connectivity index (χ0) is 13.9. The van der Waals surface area contributed by atoms with Crippen molar-refractivity contribution < 1.29 is 5.11 Å². The minimum atomic E-state index is -0.383. The Bertz CT molecular complexity index is 229. The van der Waals surface area contributed by atoms with Crippen molar-refractivity contribution in [2.45, 2.75) is 67.4 Å². The zero-order valence-corrected chi connectivity index (χ0v) is 12.9. The third-order valence-corrected chi connectivity index (χ3v) is 3.61. The molecule has 0 amide bonds. The van der Waals surface area contributed by atoms with Crippen molar-refractivity contribution in [2.75, 3.05) is 0 Å². The number of aliphatic hydroxyl groups excluding tert-OH is 1. The summed E-state index contributed by atoms with van der Waals surface area (Å²) in [5.41, 5.74) is 0.518. The van der Waals surface area contributed by atoms with Crippen LogP contribution in [0.5, 0.6) is 0 Å². The number of rotatable bonds is 5. The van der Waals surface area contributed by atoms with Crippen LogP contribution >= 0.6 is 0 Å². The Kier molecular flexibility index (Phi) is 5.93. The van der Waals surface area contributed by atoms with Gasteiger partial charge in [0.2, 0.25) is 0 Å². The lowest BCUT2D eigenvalue weighted by Crippen LogP contribution is -2.37. The van der Waals surface area contributed by atoms with Crippen molar-refractivity contribution in [2.24, 2.45) is 22.7 Å². The maximum atomic E-state index is 10.1. The Balaban J connectivity index is 5.08. The molecule has 0 aliphatic carbocycles. The molecule has 0 saturated heterocycles. The fourth-order valence-corrected chi connectivity index (χ4v) is 2.70. The molecule has 1 nitrogen and oxygen atoms in total. The second kappa shape index (κ2) is 6.04. The van der Waals surface area contributed by atoms with Crippen LogP contribution in [0.15, 0.2) is 12.7 Å². The van der Waals surface area contributed by atoms with Crippen LogP contribution in [0.2, 0.25) is 0 Å². The third kappa shape index (κ3) is 5.72. The molecule has 1 N–H and O–H groups in total. The van der Waals surface area contributed by atoms with E-state index in [0.717, 1.165) is 12.8 Å². The van der Waals surface area contributed by atoms with E-state index in [-0.39, 0.29) is 11.5 Å². The van der Waals surface area contributed by atoms with Crippen molar-refractivity contribution in [1.82, 2.24) is 0 Å². The van der Waals surface area contributed by atoms with Crippen LogP contribution in [-0.2, 0) is 0 Å². The summed E-state index contributed by atoms with van der Waals surface area (Å²) >= 11 is 0. The lowest BCUT2D eigenvalue weighted by molar-refractivity contribution is 0.0299. The van der Waals surface area contributed by atoms with Gasteiger partial charge in [0.05, 0.1) is 6.10 Å². The van der Waals surface area contributed by atoms with Gasteiger partial charge in [0.1, 0.15) is 0 Å². The molecule has 0 fully saturated rings. The summed E-state index contributed by atoms with van der Waals surface area (Å²) in [5, 5.41) is 10.1. The van der Waals surface area contributed by atoms with E-state index >= 15 is 0 Å². The quantitative estimate of drug-likeness (QED) is 0.693. The highest BCUT2D eigenvalue weighted by atomic mass is 16.3. The highest BCUT2D eigenvalue weighted by Crippen LogP contribution is 2.43. The highest BCUT2D eigenvalue weighted by Gasteiger charge is 2.36. The van der Waals surface area contributed by atoms with Crippen LogP contribution in [0.3, 0.4) is 0 Å². The monoisotopic (exact) mass is 240 g/mol. The Morgan fingerprint density at radius 2 is 1.59 bits per heavy atom. The first-order valence-corrected chi connectivity index (χ1v) is 6.83. The van der Waals surface area contributed by atoms with Gasteiger partial charge in [0.25, 0.3) is 0 Å². The predicted octanol–water partition coefficient (Wildman–Crippen LogP) is 4.66. The van der Waals surface area contributed by atoms with E-state index in [1.807, 2.05) is 0 Å². The Morgan fingerprint density at radius 1 is 1.12 bits per heavy atom. The fraction of sp³-hybridized carbons (Fsp3) is 0.875. The van der Waals surface area contributed by atoms with Crippen LogP contribution in [0.1, 0.15) is 61.3 Å². The molecule has 3 unspecified atom stereocenters. The summed E-state index contributed by atoms with van der Waals surface area (Å²) in [6.45, 7) is 19.6. The van der Waals surface area contributed by atoms with Gasteiger partial charge in [0, 0.05) is 0 Å². The summed E-state index contributed by atoms with van der Waals surface area (Å²) in [4.78, 5) is 0. The number of aliphatic hydroxyl groups is 1. The number of hydrogen-bond acceptors (Lipinski definition) is 1. The largest absolute Gasteiger partial charge is 0.389 e. The zero-order valence-electron chi connectivity index (χ0n) is 12.9. The summed E-state index contributed by atoms with van der Waals surface area (Å²) in [6.07, 6.45) is 3.45. The molecule has 0 aromatic heterocycles. The summed E-state index contributed by atoms with van der Waals surface area (Å²) in [6, 6.07) is 0. The lowest BCUT2D eigenvalue weighted by atomic mass is 9.64. The summed E-state index contributed by atoms with van der Waals surface area (Å²) < 4.78 is 0. The van der Waals surface area contributed by atoms with Gasteiger partial charge in [-0.15, -0.1) is 6.58 Å². The first-order chi connectivity index (χ1) is 7.53. The topological polar surface area (TPSA) is 20.2 Å². The SMILES string of the molecule is C=CC(O)C(CC)C(CC(C)(C)C)C(C)(C)C. The predicted molar refractivity (Wildman–Crippen MR) is 77.0 cm³/mol. The van der Waals surface area contributed by atoms with E-state index in [2.05, 4.69) is 55.0 Å². The van der Waals surface area contributed by atoms with Crippen LogP contribution in [-0.4, -0.2) is 11.2 Å². The maximum absolute atomic E-state index is 10.1. The second-order valence-corrected chi connectivity index (χ2v) is 7.54. The van der Waals surface area contributed by atoms with Crippen molar-refractivity contribution in [3.8, 4) is 0 Å². The average molecular weight is 240 g/mol. The molecular weight excluding hydrogens is 208 g/mol. The van der Waals surface area contributed by atoms with Crippen LogP contribution in [0, 0.1) is 22.7 Å². The Labute approximate surface area is 108 Å². The van der Waals surface area contributed by atoms with Gasteiger partial charge in [-0.05, 0) is 29.1 Å². The van der Waals surface area contributed by atoms with E-state index in [1.165, 1.54) is 0 Å². The molecule has 1 heteroatoms. The van der Waals surface area contributed by atoms with Gasteiger partial charge in [-0.2, -0.15) is 0 Å². The smallest absolute Gasteiger partial charge is 0.0749 e. The van der Waals surface area contributed by atoms with Crippen molar-refractivity contribution in [3.05, 3.63) is 12.7 Å². The van der Waals surface area contributed by atoms with Crippen molar-refractivity contribution in [1.29, 1.82) is 0 Å². The molecule has 0 saturated carbocycles. The molecule has 3 atom stereocenters. The third-order valence-electron chi connectivity index (χ3n) is 3.61. The fourth-order valence-electron chi connectivity index (χ4n) is 2.70. The van der Waals surface area contributed by atoms with Gasteiger partial charge in [-0.25, -0.2) is 0 Å². The summed E-state index contributed by atoms with van der Waals surface area (Å²) in [5.74, 6) is 0.826. The van der Waals surface area contributed by atoms with Crippen molar-refractivity contribution in [3.63, 3.8) is 0 Å². The molecule has 0 bridgehead atoms. The molecule has 0 aliphatic heterocycles. The molecule has 0 heterocycles. The van der Waals surface area contributed by atoms with Crippen LogP contribution in [0.4, 0.5) is 0 Å². The van der Waals surface area contributed by atoms with E-state index in [9.17, 15) is 5.11 Å². The highest BCUT2D eigenvalue weighted by molar-refractivity contribution is 4.92. The molecule has 0 aromatic rings. The Morgan fingerprint density at radius 3 is 1.82 bits per heavy atom. The van der Waals surface area contributed by atoms with Crippen LogP contribution < -0.4 is 0 Å². The molecule has 0 aliphatic rings. The molecule has 17 heavy (non-hydrogen) atoms. The number of hydrogen-bond donors (Lipinski definition) is 1. The lowest BCUT2D eigenvalue weighted by Gasteiger charge is -2.42. The standard InChI is InChI=1S/C16H32O/c1-9-12(14(17)10-2)13(16(6,7)8)11-15(3,4)5/h10,12-14,17H,2,9,11H2,1,3-8H3. The van der Waals surface area contributed by atoms with Gasteiger partial charge < -0.3 is 5.11 Å². The van der Waals surface area contributed by atoms with E-state index in [1.54, 1.807) is 6.08 Å². The minimum Gasteiger partial charge on any atom is -0.389 e. The van der Waals surface area contributed by atoms with E-state index in [0.29, 0.717) is 17.3 Å².